The number of benzene rings is 2. The fourth-order valence-electron chi connectivity index (χ4n) is 6.77. The van der Waals surface area contributed by atoms with E-state index >= 15 is 0 Å². The summed E-state index contributed by atoms with van der Waals surface area (Å²) in [6, 6.07) is 16.9. The van der Waals surface area contributed by atoms with Crippen LogP contribution in [0.3, 0.4) is 0 Å². The Labute approximate surface area is 418 Å². The summed E-state index contributed by atoms with van der Waals surface area (Å²) >= 11 is 1.72. The zero-order chi connectivity index (χ0) is 53.5. The first-order valence-electron chi connectivity index (χ1n) is 22.4. The van der Waals surface area contributed by atoms with Crippen molar-refractivity contribution in [1.29, 1.82) is 5.26 Å². The van der Waals surface area contributed by atoms with Crippen LogP contribution in [0, 0.1) is 11.3 Å². The van der Waals surface area contributed by atoms with Crippen LogP contribution in [-0.2, 0) is 33.8 Å². The molecule has 0 aliphatic carbocycles. The summed E-state index contributed by atoms with van der Waals surface area (Å²) in [5.74, 6) is 1.50. The molecular formula is C47H72F2N9O12S+. The minimum Gasteiger partial charge on any atom is -0.480 e. The fraction of sp³-hybridized carbons (Fsp3) is 0.532. The molecule has 21 nitrogen and oxygen atoms in total. The highest BCUT2D eigenvalue weighted by Gasteiger charge is 2.43. The average molecular weight is 1030 g/mol. The van der Waals surface area contributed by atoms with Crippen LogP contribution in [0.4, 0.5) is 8.78 Å². The molecule has 5 rings (SSSR count). The lowest BCUT2D eigenvalue weighted by Gasteiger charge is -2.32. The van der Waals surface area contributed by atoms with Gasteiger partial charge in [0.05, 0.1) is 57.8 Å². The fourth-order valence-corrected chi connectivity index (χ4v) is 7.62. The number of aliphatic hydroxyl groups is 2. The molecule has 2 saturated heterocycles. The van der Waals surface area contributed by atoms with E-state index in [4.69, 9.17) is 19.9 Å². The van der Waals surface area contributed by atoms with Crippen molar-refractivity contribution in [3.8, 4) is 17.2 Å². The maximum absolute atomic E-state index is 12.9. The van der Waals surface area contributed by atoms with Crippen LogP contribution in [0.5, 0.6) is 0 Å². The standard InChI is InChI=1S/C35H43N5O7S.C6H8F2N2.C3H7NO.CH5NO2.2CH4O/c41-20-18-37-10-14-39(15-11-38(19-21-42)13-17-40(16-12-37)26-35(45)46)25-34(44)36-9-1-23-48-31-5-2-28(3-6-31)29-4-7-33-32(24-29)30(27-43)8-22-47-33;1-10-4-6(7,8)2-5(10)3-9;1-4-2-3-5;1-3-4-2;2*1-2/h2-8,20-22,24,27H,1,9-19,23,25-26H2,(H-,36,44,45,46);5H,2,4H2,1H3;3-4H,2H2,1H3;2H2,1H3;2*2H,1H3/p+1/t;5-;;;;/m.0..../s1. The van der Waals surface area contributed by atoms with Gasteiger partial charge in [0.2, 0.25) is 5.91 Å². The first kappa shape index (κ1) is 65.7. The SMILES string of the molecule is CN1CC(F)(F)C[C@H]1C#N.CNCC=O.CO.CO.COON.O=CCN1CCN(CC(=O)O)CCN(CC=O)CCN(CC(=O)NCCCSc2ccc(-c3ccc4[o+]ccc(C=O)c4c3)cc2)CC1. The number of carbonyl (C=O) groups excluding carboxylic acids is 5. The number of nitrogens with two attached hydrogens (primary N) is 1. The molecule has 3 heterocycles. The van der Waals surface area contributed by atoms with Gasteiger partial charge in [-0.15, -0.1) is 16.8 Å². The third-order valence-corrected chi connectivity index (χ3v) is 11.4. The summed E-state index contributed by atoms with van der Waals surface area (Å²) in [7, 11) is 6.60. The molecule has 0 spiro atoms. The number of halogens is 2. The number of alkyl halides is 2. The Bertz CT molecular complexity index is 1980. The van der Waals surface area contributed by atoms with Gasteiger partial charge >= 0.3 is 17.8 Å². The number of nitrogens with zero attached hydrogens (tertiary/aromatic N) is 6. The summed E-state index contributed by atoms with van der Waals surface area (Å²) in [6.07, 6.45) is 5.33. The second-order valence-electron chi connectivity index (χ2n) is 15.3. The number of fused-ring (bicyclic) bond motifs is 1. The number of aliphatic carboxylic acids is 1. The number of carboxylic acid groups (broad SMARTS) is 1. The van der Waals surface area contributed by atoms with Gasteiger partial charge in [0.15, 0.2) is 6.29 Å². The molecule has 24 heteroatoms. The number of hydrogen-bond donors (Lipinski definition) is 6. The van der Waals surface area contributed by atoms with Crippen molar-refractivity contribution in [2.75, 3.05) is 139 Å². The molecule has 2 aromatic carbocycles. The number of likely N-dealkylation sites (N-methyl/N-ethyl adjacent to an activating group) is 1. The molecule has 396 valence electrons. The second kappa shape index (κ2) is 40.3. The normalized spacial score (nSPS) is 16.5. The number of aliphatic hydroxyl groups excluding tert-OH is 2. The third kappa shape index (κ3) is 28.4. The Hall–Kier alpha value is -5.27. The molecule has 1 amide bonds. The van der Waals surface area contributed by atoms with Crippen LogP contribution in [0.25, 0.3) is 22.1 Å². The summed E-state index contributed by atoms with van der Waals surface area (Å²) in [5, 5.41) is 38.1. The van der Waals surface area contributed by atoms with Crippen LogP contribution < -0.4 is 16.5 Å². The van der Waals surface area contributed by atoms with E-state index in [9.17, 15) is 42.7 Å². The molecule has 0 saturated carbocycles. The lowest BCUT2D eigenvalue weighted by molar-refractivity contribution is -0.277. The maximum Gasteiger partial charge on any atom is 0.360 e. The topological polar surface area (TPSA) is 283 Å². The monoisotopic (exact) mass is 1020 g/mol. The number of likely N-dealkylation sites (tertiary alicyclic amines) is 1. The van der Waals surface area contributed by atoms with Crippen molar-refractivity contribution >= 4 is 59.8 Å². The first-order valence-corrected chi connectivity index (χ1v) is 23.4. The summed E-state index contributed by atoms with van der Waals surface area (Å²) in [5.41, 5.74) is 3.29. The van der Waals surface area contributed by atoms with E-state index in [1.54, 1.807) is 24.9 Å². The predicted octanol–water partition coefficient (Wildman–Crippen LogP) is 1.40. The number of nitrogens with one attached hydrogen (secondary N) is 2. The highest BCUT2D eigenvalue weighted by molar-refractivity contribution is 7.99. The van der Waals surface area contributed by atoms with Gasteiger partial charge in [0, 0.05) is 102 Å². The molecule has 0 bridgehead atoms. The van der Waals surface area contributed by atoms with Crippen LogP contribution in [-0.4, -0.2) is 228 Å². The van der Waals surface area contributed by atoms with E-state index in [-0.39, 0.29) is 45.1 Å². The van der Waals surface area contributed by atoms with Crippen molar-refractivity contribution in [1.82, 2.24) is 35.1 Å². The maximum atomic E-state index is 12.9. The third-order valence-electron chi connectivity index (χ3n) is 10.3. The number of hydrogen-bond acceptors (Lipinski definition) is 19. The minimum atomic E-state index is -2.66. The molecule has 7 N–H and O–H groups in total. The van der Waals surface area contributed by atoms with Gasteiger partial charge in [-0.2, -0.15) is 11.2 Å². The van der Waals surface area contributed by atoms with E-state index in [2.05, 4.69) is 50.7 Å². The number of aldehydes is 4. The molecule has 2 aliphatic rings. The number of rotatable bonds is 18. The Balaban J connectivity index is 0.00000176. The quantitative estimate of drug-likeness (QED) is 0.0262. The predicted molar refractivity (Wildman–Crippen MR) is 265 cm³/mol. The van der Waals surface area contributed by atoms with Crippen molar-refractivity contribution in [2.24, 2.45) is 5.90 Å². The Kier molecular flexibility index (Phi) is 37.3. The number of carbonyl (C=O) groups is 6. The summed E-state index contributed by atoms with van der Waals surface area (Å²) < 4.78 is 30.4. The minimum absolute atomic E-state index is 0.0751. The van der Waals surface area contributed by atoms with Gasteiger partial charge in [-0.1, -0.05) is 12.1 Å². The van der Waals surface area contributed by atoms with Gasteiger partial charge in [0.1, 0.15) is 24.9 Å². The van der Waals surface area contributed by atoms with Crippen molar-refractivity contribution in [2.45, 2.75) is 29.7 Å². The Morgan fingerprint density at radius 3 is 1.83 bits per heavy atom. The molecule has 71 heavy (non-hydrogen) atoms. The zero-order valence-corrected chi connectivity index (χ0v) is 42.1. The molecule has 2 aliphatic heterocycles. The molecule has 1 atom stereocenters. The van der Waals surface area contributed by atoms with E-state index in [0.29, 0.717) is 76.6 Å². The lowest BCUT2D eigenvalue weighted by atomic mass is 10.0. The number of carboxylic acids is 1. The van der Waals surface area contributed by atoms with Crippen LogP contribution in [0.1, 0.15) is 23.2 Å². The van der Waals surface area contributed by atoms with Crippen LogP contribution in [0.15, 0.2) is 64.1 Å². The highest BCUT2D eigenvalue weighted by Crippen LogP contribution is 2.30. The Morgan fingerprint density at radius 2 is 1.41 bits per heavy atom. The summed E-state index contributed by atoms with van der Waals surface area (Å²) in [6.45, 7) is 5.59. The van der Waals surface area contributed by atoms with E-state index in [0.717, 1.165) is 72.9 Å². The van der Waals surface area contributed by atoms with E-state index in [1.807, 2.05) is 43.9 Å². The second-order valence-corrected chi connectivity index (χ2v) is 16.4. The van der Waals surface area contributed by atoms with Crippen molar-refractivity contribution in [3.63, 3.8) is 0 Å². The molecule has 2 fully saturated rings. The van der Waals surface area contributed by atoms with Gasteiger partial charge in [0.25, 0.3) is 5.92 Å². The van der Waals surface area contributed by atoms with Crippen molar-refractivity contribution < 1.29 is 67.2 Å². The van der Waals surface area contributed by atoms with E-state index in [1.165, 1.54) is 25.3 Å². The van der Waals surface area contributed by atoms with Gasteiger partial charge in [-0.25, -0.2) is 18.1 Å². The number of nitriles is 1. The van der Waals surface area contributed by atoms with E-state index < -0.39 is 17.9 Å². The average Bonchev–Trinajstić information content (AvgIpc) is 3.66. The molecule has 3 aromatic rings. The molecule has 0 unspecified atom stereocenters. The Morgan fingerprint density at radius 1 is 0.873 bits per heavy atom. The molecular weight excluding hydrogens is 953 g/mol. The van der Waals surface area contributed by atoms with Crippen molar-refractivity contribution in [3.05, 3.63) is 60.4 Å². The summed E-state index contributed by atoms with van der Waals surface area (Å²) in [4.78, 5) is 85.3. The smallest absolute Gasteiger partial charge is 0.360 e. The zero-order valence-electron chi connectivity index (χ0n) is 41.3. The van der Waals surface area contributed by atoms with Gasteiger partial charge in [-0.3, -0.25) is 38.9 Å². The number of amides is 1. The largest absolute Gasteiger partial charge is 0.480 e. The van der Waals surface area contributed by atoms with Gasteiger partial charge < -0.3 is 40.3 Å². The molecule has 0 radical (unpaired) electrons. The number of thioether (sulfide) groups is 1. The first-order chi connectivity index (χ1) is 34.3. The van der Waals surface area contributed by atoms with Crippen LogP contribution >= 0.6 is 11.8 Å². The lowest BCUT2D eigenvalue weighted by Crippen LogP contribution is -2.49. The highest BCUT2D eigenvalue weighted by atomic mass is 32.2. The van der Waals surface area contributed by atoms with Crippen LogP contribution in [0.2, 0.25) is 0 Å². The van der Waals surface area contributed by atoms with Gasteiger partial charge in [-0.05, 0) is 61.7 Å². The molecule has 1 aromatic heterocycles.